The molecule has 7 nitrogen and oxygen atoms in total. The number of carbonyl (C=O) groups is 1. The zero-order chi connectivity index (χ0) is 24.1. The molecular formula is C28H38N4O3. The Kier molecular flexibility index (Phi) is 7.42. The van der Waals surface area contributed by atoms with Gasteiger partial charge in [0.05, 0.1) is 5.69 Å². The van der Waals surface area contributed by atoms with E-state index in [1.165, 1.54) is 12.0 Å². The SMILES string of the molecule is CC1(C(=O)NC(Cc2ccncc2)CN2CCN(c3cccc4c3OCCO4)CC2)CCCCC1. The fraction of sp³-hybridized carbons (Fsp3) is 0.571. The Labute approximate surface area is 208 Å². The van der Waals surface area contributed by atoms with E-state index in [9.17, 15) is 4.79 Å². The second kappa shape index (κ2) is 10.9. The van der Waals surface area contributed by atoms with Gasteiger partial charge in [0.15, 0.2) is 11.5 Å². The number of benzene rings is 1. The number of anilines is 1. The van der Waals surface area contributed by atoms with Crippen LogP contribution in [0.15, 0.2) is 42.7 Å². The molecule has 5 rings (SSSR count). The van der Waals surface area contributed by atoms with E-state index in [1.54, 1.807) is 0 Å². The van der Waals surface area contributed by atoms with Crippen LogP contribution in [0.25, 0.3) is 0 Å². The average molecular weight is 479 g/mol. The Bertz CT molecular complexity index is 985. The fourth-order valence-corrected chi connectivity index (χ4v) is 5.67. The molecule has 1 unspecified atom stereocenters. The maximum atomic E-state index is 13.4. The molecule has 188 valence electrons. The molecule has 0 radical (unpaired) electrons. The number of rotatable bonds is 7. The summed E-state index contributed by atoms with van der Waals surface area (Å²) in [5.74, 6) is 1.94. The van der Waals surface area contributed by atoms with E-state index >= 15 is 0 Å². The van der Waals surface area contributed by atoms with Crippen LogP contribution in [-0.2, 0) is 11.2 Å². The van der Waals surface area contributed by atoms with Gasteiger partial charge in [-0.25, -0.2) is 0 Å². The largest absolute Gasteiger partial charge is 0.486 e. The molecule has 3 heterocycles. The number of aromatic nitrogens is 1. The average Bonchev–Trinajstić information content (AvgIpc) is 2.90. The van der Waals surface area contributed by atoms with Gasteiger partial charge in [-0.1, -0.05) is 32.3 Å². The molecule has 1 amide bonds. The van der Waals surface area contributed by atoms with E-state index < -0.39 is 0 Å². The van der Waals surface area contributed by atoms with Gasteiger partial charge < -0.3 is 19.7 Å². The van der Waals surface area contributed by atoms with E-state index in [1.807, 2.05) is 24.5 Å². The highest BCUT2D eigenvalue weighted by Gasteiger charge is 2.36. The van der Waals surface area contributed by atoms with Crippen LogP contribution in [0.1, 0.15) is 44.6 Å². The molecule has 1 aliphatic carbocycles. The van der Waals surface area contributed by atoms with Crippen molar-refractivity contribution >= 4 is 11.6 Å². The van der Waals surface area contributed by atoms with Crippen LogP contribution in [0.2, 0.25) is 0 Å². The number of hydrogen-bond acceptors (Lipinski definition) is 6. The number of nitrogens with one attached hydrogen (secondary N) is 1. The molecule has 1 saturated heterocycles. The number of nitrogens with zero attached hydrogens (tertiary/aromatic N) is 3. The minimum Gasteiger partial charge on any atom is -0.486 e. The molecule has 1 atom stereocenters. The van der Waals surface area contributed by atoms with Crippen molar-refractivity contribution in [1.29, 1.82) is 0 Å². The first-order valence-electron chi connectivity index (χ1n) is 13.2. The Balaban J connectivity index is 1.23. The minimum atomic E-state index is -0.234. The van der Waals surface area contributed by atoms with E-state index in [4.69, 9.17) is 9.47 Å². The van der Waals surface area contributed by atoms with Crippen LogP contribution in [0, 0.1) is 5.41 Å². The lowest BCUT2D eigenvalue weighted by Crippen LogP contribution is -2.54. The number of amides is 1. The smallest absolute Gasteiger partial charge is 0.226 e. The minimum absolute atomic E-state index is 0.0800. The van der Waals surface area contributed by atoms with Gasteiger partial charge in [-0.3, -0.25) is 14.7 Å². The third-order valence-electron chi connectivity index (χ3n) is 7.81. The summed E-state index contributed by atoms with van der Waals surface area (Å²) in [5.41, 5.74) is 2.10. The predicted molar refractivity (Wildman–Crippen MR) is 137 cm³/mol. The number of fused-ring (bicyclic) bond motifs is 1. The summed E-state index contributed by atoms with van der Waals surface area (Å²) in [7, 11) is 0. The third-order valence-corrected chi connectivity index (χ3v) is 7.81. The van der Waals surface area contributed by atoms with Gasteiger partial charge in [-0.2, -0.15) is 0 Å². The summed E-state index contributed by atoms with van der Waals surface area (Å²) < 4.78 is 11.7. The summed E-state index contributed by atoms with van der Waals surface area (Å²) in [4.78, 5) is 22.4. The number of hydrogen-bond donors (Lipinski definition) is 1. The second-order valence-corrected chi connectivity index (χ2v) is 10.4. The lowest BCUT2D eigenvalue weighted by Gasteiger charge is -2.39. The molecule has 2 aromatic rings. The van der Waals surface area contributed by atoms with E-state index in [-0.39, 0.29) is 17.4 Å². The number of para-hydroxylation sites is 1. The van der Waals surface area contributed by atoms with Crippen molar-refractivity contribution < 1.29 is 14.3 Å². The molecule has 1 N–H and O–H groups in total. The van der Waals surface area contributed by atoms with Gasteiger partial charge in [-0.05, 0) is 49.1 Å². The molecule has 1 aromatic heterocycles. The highest BCUT2D eigenvalue weighted by molar-refractivity contribution is 5.82. The van der Waals surface area contributed by atoms with Crippen molar-refractivity contribution in [1.82, 2.24) is 15.2 Å². The molecule has 3 aliphatic rings. The highest BCUT2D eigenvalue weighted by Crippen LogP contribution is 2.40. The summed E-state index contributed by atoms with van der Waals surface area (Å²) in [5, 5.41) is 3.46. The molecule has 1 saturated carbocycles. The van der Waals surface area contributed by atoms with Gasteiger partial charge in [-0.15, -0.1) is 0 Å². The van der Waals surface area contributed by atoms with Gasteiger partial charge in [0, 0.05) is 56.6 Å². The highest BCUT2D eigenvalue weighted by atomic mass is 16.6. The zero-order valence-electron chi connectivity index (χ0n) is 20.9. The van der Waals surface area contributed by atoms with Crippen LogP contribution in [-0.4, -0.2) is 67.8 Å². The lowest BCUT2D eigenvalue weighted by atomic mass is 9.75. The molecule has 0 bridgehead atoms. The monoisotopic (exact) mass is 478 g/mol. The topological polar surface area (TPSA) is 66.9 Å². The van der Waals surface area contributed by atoms with Crippen molar-refractivity contribution in [2.24, 2.45) is 5.41 Å². The molecule has 0 spiro atoms. The lowest BCUT2D eigenvalue weighted by molar-refractivity contribution is -0.132. The second-order valence-electron chi connectivity index (χ2n) is 10.4. The Morgan fingerprint density at radius 3 is 2.54 bits per heavy atom. The predicted octanol–water partition coefficient (Wildman–Crippen LogP) is 3.67. The van der Waals surface area contributed by atoms with Gasteiger partial charge in [0.2, 0.25) is 5.91 Å². The first-order valence-corrected chi connectivity index (χ1v) is 13.2. The van der Waals surface area contributed by atoms with Crippen LogP contribution in [0.4, 0.5) is 5.69 Å². The molecular weight excluding hydrogens is 440 g/mol. The van der Waals surface area contributed by atoms with Crippen LogP contribution in [0.3, 0.4) is 0 Å². The zero-order valence-corrected chi connectivity index (χ0v) is 20.9. The molecule has 35 heavy (non-hydrogen) atoms. The first-order chi connectivity index (χ1) is 17.1. The fourth-order valence-electron chi connectivity index (χ4n) is 5.67. The maximum absolute atomic E-state index is 13.4. The van der Waals surface area contributed by atoms with Gasteiger partial charge in [0.25, 0.3) is 0 Å². The summed E-state index contributed by atoms with van der Waals surface area (Å²) in [6, 6.07) is 10.3. The number of ether oxygens (including phenoxy) is 2. The van der Waals surface area contributed by atoms with E-state index in [2.05, 4.69) is 45.2 Å². The summed E-state index contributed by atoms with van der Waals surface area (Å²) >= 11 is 0. The van der Waals surface area contributed by atoms with Crippen molar-refractivity contribution in [2.75, 3.05) is 50.8 Å². The standard InChI is InChI=1S/C28H38N4O3/c1-28(10-3-2-4-11-28)27(33)30-23(20-22-8-12-29-13-9-22)21-31-14-16-32(17-15-31)24-6-5-7-25-26(24)35-19-18-34-25/h5-9,12-13,23H,2-4,10-11,14-21H2,1H3,(H,30,33). The first kappa shape index (κ1) is 23.9. The van der Waals surface area contributed by atoms with Crippen molar-refractivity contribution in [3.8, 4) is 11.5 Å². The van der Waals surface area contributed by atoms with E-state index in [0.717, 1.165) is 82.0 Å². The van der Waals surface area contributed by atoms with E-state index in [0.29, 0.717) is 13.2 Å². The van der Waals surface area contributed by atoms with Crippen molar-refractivity contribution in [2.45, 2.75) is 51.5 Å². The van der Waals surface area contributed by atoms with Crippen molar-refractivity contribution in [3.05, 3.63) is 48.3 Å². The van der Waals surface area contributed by atoms with Crippen molar-refractivity contribution in [3.63, 3.8) is 0 Å². The molecule has 7 heteroatoms. The molecule has 2 fully saturated rings. The number of piperazine rings is 1. The number of carbonyl (C=O) groups excluding carboxylic acids is 1. The van der Waals surface area contributed by atoms with Gasteiger partial charge in [0.1, 0.15) is 13.2 Å². The van der Waals surface area contributed by atoms with Crippen LogP contribution >= 0.6 is 0 Å². The molecule has 1 aromatic carbocycles. The Hall–Kier alpha value is -2.80. The third kappa shape index (κ3) is 5.72. The number of pyridine rings is 1. The van der Waals surface area contributed by atoms with Crippen LogP contribution in [0.5, 0.6) is 11.5 Å². The van der Waals surface area contributed by atoms with Crippen LogP contribution < -0.4 is 19.7 Å². The summed E-state index contributed by atoms with van der Waals surface area (Å²) in [6.07, 6.45) is 10.0. The summed E-state index contributed by atoms with van der Waals surface area (Å²) in [6.45, 7) is 7.95. The quantitative estimate of drug-likeness (QED) is 0.655. The maximum Gasteiger partial charge on any atom is 0.226 e. The Morgan fingerprint density at radius 1 is 1.03 bits per heavy atom. The molecule has 2 aliphatic heterocycles. The normalized spacial score (nSPS) is 20.8. The van der Waals surface area contributed by atoms with Gasteiger partial charge >= 0.3 is 0 Å². The Morgan fingerprint density at radius 2 is 1.77 bits per heavy atom.